The molecule has 5 N–H and O–H groups in total. The van der Waals surface area contributed by atoms with Crippen molar-refractivity contribution < 1.29 is 108 Å². The summed E-state index contributed by atoms with van der Waals surface area (Å²) in [6.45, 7) is 16.3. The summed E-state index contributed by atoms with van der Waals surface area (Å²) in [6.07, 6.45) is 0. The Kier molecular flexibility index (Phi) is 32.8. The number of nitrogens with two attached hydrogens (primary N) is 1. The van der Waals surface area contributed by atoms with Gasteiger partial charge < -0.3 is 63.5 Å². The Morgan fingerprint density at radius 1 is 0.548 bits per heavy atom. The second-order valence-electron chi connectivity index (χ2n) is 18.3. The van der Waals surface area contributed by atoms with Crippen LogP contribution in [-0.2, 0) is 38.1 Å². The molecule has 2 heterocycles. The number of nitrogen functional groups attached to an aromatic ring is 1. The lowest BCUT2D eigenvalue weighted by Crippen LogP contribution is -2.16. The molecule has 27 nitrogen and oxygen atoms in total. The van der Waals surface area contributed by atoms with Crippen molar-refractivity contribution in [2.45, 2.75) is 69.2 Å². The molecule has 0 radical (unpaired) electrons. The molecule has 2 aromatic heterocycles. The third-order valence-electron chi connectivity index (χ3n) is 11.8. The molecule has 31 heteroatoms. The van der Waals surface area contributed by atoms with Gasteiger partial charge in [-0.1, -0.05) is 15.9 Å². The molecule has 7 rings (SSSR count). The Balaban J connectivity index is 0.000000389. The molecule has 502 valence electrons. The first-order valence-electron chi connectivity index (χ1n) is 27.7. The number of hydrogen-bond donors (Lipinski definition) is 4. The second-order valence-corrected chi connectivity index (χ2v) is 18.8. The number of nitrogens with one attached hydrogen (secondary N) is 2. The lowest BCUT2D eigenvalue weighted by molar-refractivity contribution is -0.387. The number of esters is 5. The van der Waals surface area contributed by atoms with Crippen molar-refractivity contribution in [3.05, 3.63) is 150 Å². The molecule has 0 saturated heterocycles. The summed E-state index contributed by atoms with van der Waals surface area (Å²) in [7, 11) is 3.36. The molecule has 0 fully saturated rings. The van der Waals surface area contributed by atoms with Gasteiger partial charge in [-0.05, 0) is 99.6 Å². The lowest BCUT2D eigenvalue weighted by Gasteiger charge is -2.09. The van der Waals surface area contributed by atoms with Crippen molar-refractivity contribution in [3.63, 3.8) is 0 Å². The molecule has 0 amide bonds. The minimum Gasteiger partial charge on any atom is -0.507 e. The van der Waals surface area contributed by atoms with E-state index in [4.69, 9.17) is 38.6 Å². The van der Waals surface area contributed by atoms with Gasteiger partial charge in [0.05, 0.1) is 70.9 Å². The molecule has 0 aliphatic carbocycles. The first-order chi connectivity index (χ1) is 43.9. The number of carbonyl (C=O) groups excluding carboxylic acids is 8. The zero-order valence-corrected chi connectivity index (χ0v) is 54.2. The van der Waals surface area contributed by atoms with E-state index in [0.29, 0.717) is 58.1 Å². The van der Waals surface area contributed by atoms with Crippen LogP contribution in [0, 0.1) is 51.5 Å². The first-order valence-corrected chi connectivity index (χ1v) is 28.8. The number of hydrogen-bond acceptors (Lipinski definition) is 25. The lowest BCUT2D eigenvalue weighted by atomic mass is 10.1. The van der Waals surface area contributed by atoms with E-state index in [1.165, 1.54) is 38.1 Å². The van der Waals surface area contributed by atoms with Crippen LogP contribution in [0.3, 0.4) is 0 Å². The Bertz CT molecular complexity index is 3830. The largest absolute Gasteiger partial charge is 0.507 e. The highest BCUT2D eigenvalue weighted by molar-refractivity contribution is 9.09. The average Bonchev–Trinajstić information content (AvgIpc) is 1.67. The number of benzene rings is 5. The van der Waals surface area contributed by atoms with Crippen molar-refractivity contribution in [2.75, 3.05) is 82.0 Å². The van der Waals surface area contributed by atoms with Crippen molar-refractivity contribution in [3.8, 4) is 17.2 Å². The molecule has 0 atom stereocenters. The third-order valence-corrected chi connectivity index (χ3v) is 12.3. The minimum absolute atomic E-state index is 0.0468. The predicted octanol–water partition coefficient (Wildman–Crippen LogP) is 11.9. The summed E-state index contributed by atoms with van der Waals surface area (Å²) in [5.74, 6) is -6.00. The summed E-state index contributed by atoms with van der Waals surface area (Å²) in [5, 5.41) is 38.0. The molecular weight excluding hydrogens is 1300 g/mol. The fourth-order valence-corrected chi connectivity index (χ4v) is 7.72. The summed E-state index contributed by atoms with van der Waals surface area (Å²) >= 11 is 2.94. The molecule has 0 bridgehead atoms. The van der Waals surface area contributed by atoms with Crippen LogP contribution in [0.25, 0.3) is 21.9 Å². The molecule has 0 spiro atoms. The Hall–Kier alpha value is -10.6. The van der Waals surface area contributed by atoms with Crippen LogP contribution < -0.4 is 25.8 Å². The van der Waals surface area contributed by atoms with Crippen molar-refractivity contribution in [1.29, 1.82) is 0 Å². The van der Waals surface area contributed by atoms with Gasteiger partial charge >= 0.3 is 35.5 Å². The number of aryl methyl sites for hydroxylation is 2. The number of aromatic hydroxyl groups is 1. The van der Waals surface area contributed by atoms with Gasteiger partial charge in [-0.2, -0.15) is 4.39 Å². The van der Waals surface area contributed by atoms with Gasteiger partial charge in [-0.3, -0.25) is 39.4 Å². The van der Waals surface area contributed by atoms with E-state index in [2.05, 4.69) is 40.8 Å². The molecule has 0 aliphatic rings. The van der Waals surface area contributed by atoms with Gasteiger partial charge in [0, 0.05) is 78.5 Å². The van der Waals surface area contributed by atoms with Gasteiger partial charge in [-0.15, -0.1) is 0 Å². The van der Waals surface area contributed by atoms with E-state index in [0.717, 1.165) is 53.9 Å². The maximum atomic E-state index is 13.5. The number of ether oxygens (including phenoxy) is 7. The second kappa shape index (κ2) is 38.8. The number of rotatable bonds is 21. The molecule has 0 aliphatic heterocycles. The van der Waals surface area contributed by atoms with Crippen molar-refractivity contribution >= 4 is 114 Å². The van der Waals surface area contributed by atoms with Crippen LogP contribution in [0.5, 0.6) is 17.2 Å². The normalized spacial score (nSPS) is 10.0. The highest BCUT2D eigenvalue weighted by Gasteiger charge is 2.25. The summed E-state index contributed by atoms with van der Waals surface area (Å²) < 4.78 is 83.4. The molecule has 0 unspecified atom stereocenters. The van der Waals surface area contributed by atoms with Crippen molar-refractivity contribution in [2.24, 2.45) is 0 Å². The van der Waals surface area contributed by atoms with Gasteiger partial charge in [-0.25, -0.2) is 28.0 Å². The maximum absolute atomic E-state index is 13.5. The smallest absolute Gasteiger partial charge is 0.374 e. The van der Waals surface area contributed by atoms with Crippen LogP contribution in [0.4, 0.5) is 41.6 Å². The van der Waals surface area contributed by atoms with E-state index in [9.17, 15) is 71.8 Å². The quantitative estimate of drug-likeness (QED) is 0.00987. The number of nitro benzene ring substituents is 2. The first kappa shape index (κ1) is 78.5. The molecule has 7 aromatic rings. The average molecular weight is 1370 g/mol. The summed E-state index contributed by atoms with van der Waals surface area (Å²) in [4.78, 5) is 109. The van der Waals surface area contributed by atoms with Gasteiger partial charge in [0.2, 0.25) is 17.3 Å². The van der Waals surface area contributed by atoms with E-state index >= 15 is 0 Å². The Morgan fingerprint density at radius 3 is 1.35 bits per heavy atom. The Labute approximate surface area is 538 Å². The highest BCUT2D eigenvalue weighted by atomic mass is 79.9. The number of carbonyl (C=O) groups is 8. The van der Waals surface area contributed by atoms with Gasteiger partial charge in [0.25, 0.3) is 5.69 Å². The van der Waals surface area contributed by atoms with E-state index < -0.39 is 69.3 Å². The zero-order valence-electron chi connectivity index (χ0n) is 52.6. The number of phenols is 1. The number of nitrogens with zero attached hydrogens (tertiary/aromatic N) is 2. The topological polar surface area (TPSA) is 384 Å². The van der Waals surface area contributed by atoms with Crippen LogP contribution >= 0.6 is 15.9 Å². The van der Waals surface area contributed by atoms with E-state index in [1.54, 1.807) is 67.8 Å². The number of halogens is 4. The van der Waals surface area contributed by atoms with Gasteiger partial charge in [0.1, 0.15) is 51.1 Å². The van der Waals surface area contributed by atoms with Crippen LogP contribution in [0.15, 0.2) is 81.6 Å². The SMILES string of the molecule is CC(=O)c1ccc(F)cc1O.CCOC(=O)CBr.CCOC(=O)COc1cc(F)c([N+](=O)[O-])cc1C(C)=O.CCOC(=O)COc1cc(F)ccc1C(C)=O.CCOC(=O)c1oc2cc(NC)c(N)cc2c1C.CCOC(=O)c1oc2cc(NC)c([N+](=O)[O-])cc2c1C. The number of furan rings is 2. The third kappa shape index (κ3) is 23.9. The Morgan fingerprint density at radius 2 is 0.957 bits per heavy atom. The molecular formula is C62H69BrF3N5O22. The highest BCUT2D eigenvalue weighted by Crippen LogP contribution is 2.36. The number of phenolic OH excluding ortho intramolecular Hbond substituents is 1. The summed E-state index contributed by atoms with van der Waals surface area (Å²) in [6, 6.07) is 14.8. The number of anilines is 3. The number of alkyl halides is 1. The zero-order chi connectivity index (χ0) is 70.4. The monoisotopic (exact) mass is 1370 g/mol. The minimum atomic E-state index is -1.15. The number of nitro groups is 2. The van der Waals surface area contributed by atoms with Crippen LogP contribution in [-0.4, -0.2) is 128 Å². The number of ketones is 3. The fourth-order valence-electron chi connectivity index (χ4n) is 7.55. The summed E-state index contributed by atoms with van der Waals surface area (Å²) in [5.41, 5.74) is 9.20. The number of Topliss-reactive ketones (excluding diaryl/α,β-unsaturated/α-hetero) is 3. The molecule has 5 aromatic carbocycles. The number of fused-ring (bicyclic) bond motifs is 2. The van der Waals surface area contributed by atoms with E-state index in [1.807, 2.05) is 6.92 Å². The predicted molar refractivity (Wildman–Crippen MR) is 336 cm³/mol. The molecule has 93 heavy (non-hydrogen) atoms. The van der Waals surface area contributed by atoms with Crippen LogP contribution in [0.2, 0.25) is 0 Å². The van der Waals surface area contributed by atoms with Gasteiger partial charge in [0.15, 0.2) is 30.6 Å². The maximum Gasteiger partial charge on any atom is 0.374 e. The standard InChI is InChI=1S/C13H14N2O5.C13H16N2O3.C12H12FNO6.C12H13FO4.C8H7FO2.C4H7BrO2/c1-4-19-13(16)12-7(2)8-5-10(15(17)18)9(14-3)6-11(8)20-12;1-4-17-13(16)12-7(2)8-5-9(14)10(15-3)6-11(8)18-12;1-3-19-12(16)6-20-11-5-9(13)10(14(17)18)4-8(11)7(2)15;1-3-16-12(15)7-17-11-6-9(13)4-5-10(11)8(2)14;1-5(10)7-3-2-6(9)4-8(7)11;1-2-7-4(6)3-5/h5-6,14H,4H2,1-3H3;5-6,15H,4,14H2,1-3H3;4-5H,3,6H2,1-2H3;4-6H,3,7H2,1-2H3;2-4,11H,1H3;2-3H2,1H3. The van der Waals surface area contributed by atoms with E-state index in [-0.39, 0.29) is 95.1 Å². The van der Waals surface area contributed by atoms with Crippen molar-refractivity contribution in [1.82, 2.24) is 0 Å². The fraction of sp³-hybridized carbons (Fsp3) is 0.323. The molecule has 0 saturated carbocycles. The van der Waals surface area contributed by atoms with Crippen LogP contribution in [0.1, 0.15) is 119 Å².